The Hall–Kier alpha value is -2.29. The van der Waals surface area contributed by atoms with Crippen LogP contribution in [0.4, 0.5) is 0 Å². The van der Waals surface area contributed by atoms with Gasteiger partial charge in [-0.3, -0.25) is 14.4 Å². The van der Waals surface area contributed by atoms with Crippen molar-refractivity contribution in [2.24, 2.45) is 17.8 Å². The Morgan fingerprint density at radius 2 is 1.69 bits per heavy atom. The Morgan fingerprint density at radius 1 is 1.08 bits per heavy atom. The first kappa shape index (κ1) is 28.3. The molecule has 2 aromatic rings. The molecule has 8 nitrogen and oxygen atoms in total. The largest absolute Gasteiger partial charge is 0.481 e. The normalized spacial score (nSPS) is 19.5. The van der Waals surface area contributed by atoms with Gasteiger partial charge in [0.2, 0.25) is 5.91 Å². The number of amides is 2. The number of likely N-dealkylation sites (tertiary alicyclic amines) is 2. The van der Waals surface area contributed by atoms with Gasteiger partial charge in [-0.2, -0.15) is 0 Å². The summed E-state index contributed by atoms with van der Waals surface area (Å²) < 4.78 is 0. The van der Waals surface area contributed by atoms with Gasteiger partial charge in [0.25, 0.3) is 5.91 Å². The van der Waals surface area contributed by atoms with Crippen molar-refractivity contribution < 1.29 is 19.5 Å². The van der Waals surface area contributed by atoms with E-state index in [4.69, 9.17) is 11.6 Å². The van der Waals surface area contributed by atoms with E-state index in [-0.39, 0.29) is 24.7 Å². The smallest absolute Gasteiger partial charge is 0.306 e. The number of carbonyl (C=O) groups is 3. The first-order chi connectivity index (χ1) is 16.7. The lowest BCUT2D eigenvalue weighted by atomic mass is 9.79. The van der Waals surface area contributed by atoms with E-state index in [1.165, 1.54) is 12.8 Å². The average Bonchev–Trinajstić information content (AvgIpc) is 3.27. The predicted molar refractivity (Wildman–Crippen MR) is 143 cm³/mol. The summed E-state index contributed by atoms with van der Waals surface area (Å²) in [5.41, 5.74) is 1.07. The Kier molecular flexibility index (Phi) is 9.66. The number of hydrogen-bond acceptors (Lipinski definition) is 4. The summed E-state index contributed by atoms with van der Waals surface area (Å²) in [6.07, 6.45) is 4.37. The molecule has 36 heavy (non-hydrogen) atoms. The van der Waals surface area contributed by atoms with Crippen LogP contribution in [0.15, 0.2) is 24.3 Å². The van der Waals surface area contributed by atoms with Gasteiger partial charge in [-0.25, -0.2) is 0 Å². The molecule has 0 radical (unpaired) electrons. The van der Waals surface area contributed by atoms with Crippen LogP contribution in [-0.4, -0.2) is 76.9 Å². The van der Waals surface area contributed by atoms with E-state index in [9.17, 15) is 19.5 Å². The van der Waals surface area contributed by atoms with Gasteiger partial charge in [0, 0.05) is 29.0 Å². The van der Waals surface area contributed by atoms with Gasteiger partial charge < -0.3 is 25.2 Å². The zero-order valence-corrected chi connectivity index (χ0v) is 22.4. The molecule has 0 saturated carbocycles. The Balaban J connectivity index is 0.00000361. The molecule has 2 amide bonds. The number of nitrogens with zero attached hydrogens (tertiary/aromatic N) is 2. The van der Waals surface area contributed by atoms with Crippen molar-refractivity contribution in [3.63, 3.8) is 0 Å². The number of aliphatic carboxylic acids is 1. The van der Waals surface area contributed by atoms with Crippen LogP contribution >= 0.6 is 24.0 Å². The fourth-order valence-corrected chi connectivity index (χ4v) is 5.63. The topological polar surface area (TPSA) is 106 Å². The highest BCUT2D eigenvalue weighted by Crippen LogP contribution is 2.32. The van der Waals surface area contributed by atoms with Gasteiger partial charge in [0.05, 0.1) is 5.92 Å². The number of carboxylic acids is 1. The average molecular weight is 540 g/mol. The third kappa shape index (κ3) is 6.72. The number of aromatic amines is 1. The number of aromatic nitrogens is 1. The maximum absolute atomic E-state index is 13.4. The van der Waals surface area contributed by atoms with Gasteiger partial charge >= 0.3 is 5.97 Å². The number of piperidine rings is 2. The van der Waals surface area contributed by atoms with E-state index in [1.807, 2.05) is 0 Å². The molecule has 2 fully saturated rings. The molecule has 2 atom stereocenters. The van der Waals surface area contributed by atoms with Crippen LogP contribution in [0.5, 0.6) is 0 Å². The first-order valence-corrected chi connectivity index (χ1v) is 12.9. The van der Waals surface area contributed by atoms with E-state index in [2.05, 4.69) is 22.2 Å². The molecule has 2 aliphatic rings. The van der Waals surface area contributed by atoms with E-state index >= 15 is 0 Å². The van der Waals surface area contributed by atoms with E-state index in [1.54, 1.807) is 36.1 Å². The zero-order chi connectivity index (χ0) is 25.1. The third-order valence-corrected chi connectivity index (χ3v) is 7.96. The highest BCUT2D eigenvalue weighted by atomic mass is 35.5. The molecule has 1 aromatic carbocycles. The van der Waals surface area contributed by atoms with Crippen LogP contribution in [0, 0.1) is 17.8 Å². The van der Waals surface area contributed by atoms with Gasteiger partial charge in [-0.05, 0) is 88.3 Å². The lowest BCUT2D eigenvalue weighted by Gasteiger charge is -2.40. The summed E-state index contributed by atoms with van der Waals surface area (Å²) in [7, 11) is 2.16. The molecule has 2 saturated heterocycles. The number of halogens is 2. The molecule has 0 spiro atoms. The standard InChI is InChI=1S/C26H35ClN4O4.ClH/c1-16(26(34)35)13-23(29-24(32)22-15-19-14-20(27)3-4-21(19)28-22)25(33)31-11-7-18(8-12-31)17-5-9-30(2)10-6-17;/h3-4,14-18,23,28H,5-13H2,1-2H3,(H,29,32)(H,34,35);1H/t16?,23-;/m1./s1. The van der Waals surface area contributed by atoms with Crippen molar-refractivity contribution in [2.75, 3.05) is 33.2 Å². The molecule has 0 bridgehead atoms. The van der Waals surface area contributed by atoms with Crippen LogP contribution in [0.25, 0.3) is 10.9 Å². The predicted octanol–water partition coefficient (Wildman–Crippen LogP) is 4.03. The van der Waals surface area contributed by atoms with Crippen molar-refractivity contribution in [2.45, 2.75) is 45.1 Å². The van der Waals surface area contributed by atoms with Gasteiger partial charge in [0.15, 0.2) is 0 Å². The Morgan fingerprint density at radius 3 is 2.31 bits per heavy atom. The molecule has 2 aliphatic heterocycles. The molecule has 0 aliphatic carbocycles. The maximum Gasteiger partial charge on any atom is 0.306 e. The first-order valence-electron chi connectivity index (χ1n) is 12.5. The van der Waals surface area contributed by atoms with Crippen molar-refractivity contribution >= 4 is 52.7 Å². The monoisotopic (exact) mass is 538 g/mol. The number of carboxylic acid groups (broad SMARTS) is 1. The molecule has 10 heteroatoms. The minimum atomic E-state index is -0.988. The summed E-state index contributed by atoms with van der Waals surface area (Å²) >= 11 is 6.05. The number of benzene rings is 1. The highest BCUT2D eigenvalue weighted by molar-refractivity contribution is 6.31. The van der Waals surface area contributed by atoms with Gasteiger partial charge in [0.1, 0.15) is 11.7 Å². The summed E-state index contributed by atoms with van der Waals surface area (Å²) in [5, 5.41) is 13.6. The molecule has 1 unspecified atom stereocenters. The fourth-order valence-electron chi connectivity index (χ4n) is 5.45. The van der Waals surface area contributed by atoms with E-state index in [0.717, 1.165) is 36.8 Å². The summed E-state index contributed by atoms with van der Waals surface area (Å²) in [5.74, 6) is -1.05. The van der Waals surface area contributed by atoms with Gasteiger partial charge in [-0.15, -0.1) is 12.4 Å². The quantitative estimate of drug-likeness (QED) is 0.493. The lowest BCUT2D eigenvalue weighted by molar-refractivity contribution is -0.142. The number of carbonyl (C=O) groups excluding carboxylic acids is 2. The Bertz CT molecular complexity index is 1080. The lowest BCUT2D eigenvalue weighted by Crippen LogP contribution is -2.52. The molecule has 3 heterocycles. The van der Waals surface area contributed by atoms with E-state index < -0.39 is 23.8 Å². The molecule has 1 aromatic heterocycles. The fraction of sp³-hybridized carbons (Fsp3) is 0.577. The summed E-state index contributed by atoms with van der Waals surface area (Å²) in [6.45, 7) is 5.12. The Labute approximate surface area is 223 Å². The van der Waals surface area contributed by atoms with Crippen molar-refractivity contribution in [1.82, 2.24) is 20.1 Å². The molecular weight excluding hydrogens is 503 g/mol. The van der Waals surface area contributed by atoms with Crippen LogP contribution in [0.2, 0.25) is 5.02 Å². The van der Waals surface area contributed by atoms with Crippen LogP contribution in [-0.2, 0) is 9.59 Å². The van der Waals surface area contributed by atoms with Crippen LogP contribution < -0.4 is 5.32 Å². The number of fused-ring (bicyclic) bond motifs is 1. The second-order valence-corrected chi connectivity index (χ2v) is 10.7. The minimum absolute atomic E-state index is 0. The molecule has 198 valence electrons. The zero-order valence-electron chi connectivity index (χ0n) is 20.8. The molecule has 4 rings (SSSR count). The summed E-state index contributed by atoms with van der Waals surface area (Å²) in [4.78, 5) is 45.2. The van der Waals surface area contributed by atoms with E-state index in [0.29, 0.717) is 35.6 Å². The highest BCUT2D eigenvalue weighted by Gasteiger charge is 2.34. The van der Waals surface area contributed by atoms with Crippen molar-refractivity contribution in [1.29, 1.82) is 0 Å². The number of nitrogens with one attached hydrogen (secondary N) is 2. The number of H-pyrrole nitrogens is 1. The molecule has 3 N–H and O–H groups in total. The number of hydrogen-bond donors (Lipinski definition) is 3. The van der Waals surface area contributed by atoms with Crippen molar-refractivity contribution in [3.8, 4) is 0 Å². The second-order valence-electron chi connectivity index (χ2n) is 10.2. The SMILES string of the molecule is CC(C[C@@H](NC(=O)c1cc2cc(Cl)ccc2[nH]1)C(=O)N1CCC(C2CCN(C)CC2)CC1)C(=O)O.Cl. The van der Waals surface area contributed by atoms with Crippen LogP contribution in [0.3, 0.4) is 0 Å². The maximum atomic E-state index is 13.4. The summed E-state index contributed by atoms with van der Waals surface area (Å²) in [6, 6.07) is 6.07. The molecular formula is C26H36Cl2N4O4. The third-order valence-electron chi connectivity index (χ3n) is 7.72. The number of rotatable bonds is 7. The second kappa shape index (κ2) is 12.3. The van der Waals surface area contributed by atoms with Crippen LogP contribution in [0.1, 0.15) is 49.5 Å². The minimum Gasteiger partial charge on any atom is -0.481 e. The van der Waals surface area contributed by atoms with Gasteiger partial charge in [-0.1, -0.05) is 18.5 Å². The van der Waals surface area contributed by atoms with Crippen molar-refractivity contribution in [3.05, 3.63) is 35.0 Å².